The summed E-state index contributed by atoms with van der Waals surface area (Å²) in [5.74, 6) is 1.22. The zero-order valence-corrected chi connectivity index (χ0v) is 12.2. The van der Waals surface area contributed by atoms with Gasteiger partial charge in [-0.1, -0.05) is 41.4 Å². The third-order valence-electron chi connectivity index (χ3n) is 2.58. The molecule has 0 unspecified atom stereocenters. The first-order valence-electron chi connectivity index (χ1n) is 6.10. The first-order valence-corrected chi connectivity index (χ1v) is 6.85. The standard InChI is InChI=1S/C15H14Cl2O3/c16-12-6-5-11(9-13(12)17)10-20-15-4-2-1-3-14(15)19-8-7-18/h1-6,9,18H,7-8,10H2. The van der Waals surface area contributed by atoms with Gasteiger partial charge in [-0.05, 0) is 29.8 Å². The molecule has 0 amide bonds. The normalized spacial score (nSPS) is 10.3. The van der Waals surface area contributed by atoms with E-state index in [9.17, 15) is 0 Å². The molecule has 0 radical (unpaired) electrons. The number of hydrogen-bond donors (Lipinski definition) is 1. The van der Waals surface area contributed by atoms with Gasteiger partial charge in [0.1, 0.15) is 13.2 Å². The third kappa shape index (κ3) is 4.04. The van der Waals surface area contributed by atoms with Gasteiger partial charge in [0.25, 0.3) is 0 Å². The number of para-hydroxylation sites is 2. The van der Waals surface area contributed by atoms with Crippen molar-refractivity contribution in [3.63, 3.8) is 0 Å². The number of halogens is 2. The van der Waals surface area contributed by atoms with Crippen LogP contribution in [0.25, 0.3) is 0 Å². The number of aliphatic hydroxyl groups is 1. The smallest absolute Gasteiger partial charge is 0.161 e. The molecule has 3 nitrogen and oxygen atoms in total. The second kappa shape index (κ2) is 7.39. The second-order valence-electron chi connectivity index (χ2n) is 4.06. The number of rotatable bonds is 6. The van der Waals surface area contributed by atoms with Crippen molar-refractivity contribution < 1.29 is 14.6 Å². The molecule has 0 aliphatic rings. The average Bonchev–Trinajstić information content (AvgIpc) is 2.47. The van der Waals surface area contributed by atoms with Gasteiger partial charge < -0.3 is 14.6 Å². The van der Waals surface area contributed by atoms with Crippen LogP contribution in [0.15, 0.2) is 42.5 Å². The van der Waals surface area contributed by atoms with Gasteiger partial charge in [0.15, 0.2) is 11.5 Å². The Morgan fingerprint density at radius 1 is 0.900 bits per heavy atom. The second-order valence-corrected chi connectivity index (χ2v) is 4.87. The van der Waals surface area contributed by atoms with Gasteiger partial charge in [-0.15, -0.1) is 0 Å². The lowest BCUT2D eigenvalue weighted by Crippen LogP contribution is -2.04. The molecule has 0 aliphatic carbocycles. The van der Waals surface area contributed by atoms with Gasteiger partial charge >= 0.3 is 0 Å². The van der Waals surface area contributed by atoms with E-state index in [0.29, 0.717) is 28.2 Å². The van der Waals surface area contributed by atoms with Crippen LogP contribution in [0.4, 0.5) is 0 Å². The molecule has 20 heavy (non-hydrogen) atoms. The lowest BCUT2D eigenvalue weighted by atomic mass is 10.2. The van der Waals surface area contributed by atoms with E-state index in [1.165, 1.54) is 0 Å². The molecule has 0 fully saturated rings. The van der Waals surface area contributed by atoms with Crippen LogP contribution >= 0.6 is 23.2 Å². The predicted octanol–water partition coefficient (Wildman–Crippen LogP) is 3.94. The molecule has 0 aliphatic heterocycles. The fourth-order valence-electron chi connectivity index (χ4n) is 1.63. The molecule has 1 N–H and O–H groups in total. The third-order valence-corrected chi connectivity index (χ3v) is 3.32. The first kappa shape index (κ1) is 15.0. The van der Waals surface area contributed by atoms with Crippen LogP contribution in [-0.4, -0.2) is 18.3 Å². The summed E-state index contributed by atoms with van der Waals surface area (Å²) in [6.45, 7) is 0.546. The van der Waals surface area contributed by atoms with Gasteiger partial charge in [-0.25, -0.2) is 0 Å². The molecular weight excluding hydrogens is 299 g/mol. The van der Waals surface area contributed by atoms with Crippen molar-refractivity contribution in [1.82, 2.24) is 0 Å². The van der Waals surface area contributed by atoms with Crippen molar-refractivity contribution in [2.24, 2.45) is 0 Å². The fraction of sp³-hybridized carbons (Fsp3) is 0.200. The largest absolute Gasteiger partial charge is 0.487 e. The summed E-state index contributed by atoms with van der Waals surface area (Å²) in [5, 5.41) is 9.80. The minimum absolute atomic E-state index is 0.0405. The number of aliphatic hydroxyl groups excluding tert-OH is 1. The van der Waals surface area contributed by atoms with E-state index >= 15 is 0 Å². The van der Waals surface area contributed by atoms with Crippen molar-refractivity contribution in [2.45, 2.75) is 6.61 Å². The molecule has 0 bridgehead atoms. The maximum absolute atomic E-state index is 8.79. The predicted molar refractivity (Wildman–Crippen MR) is 79.8 cm³/mol. The highest BCUT2D eigenvalue weighted by molar-refractivity contribution is 6.42. The molecule has 5 heteroatoms. The summed E-state index contributed by atoms with van der Waals surface area (Å²) in [6.07, 6.45) is 0. The van der Waals surface area contributed by atoms with Crippen LogP contribution in [0.2, 0.25) is 10.0 Å². The van der Waals surface area contributed by atoms with Crippen molar-refractivity contribution in [3.8, 4) is 11.5 Å². The molecule has 0 saturated heterocycles. The van der Waals surface area contributed by atoms with Crippen LogP contribution in [0, 0.1) is 0 Å². The molecule has 2 rings (SSSR count). The Morgan fingerprint density at radius 2 is 1.60 bits per heavy atom. The highest BCUT2D eigenvalue weighted by Crippen LogP contribution is 2.28. The minimum Gasteiger partial charge on any atom is -0.487 e. The van der Waals surface area contributed by atoms with Crippen LogP contribution in [0.3, 0.4) is 0 Å². The van der Waals surface area contributed by atoms with Gasteiger partial charge in [0.2, 0.25) is 0 Å². The summed E-state index contributed by atoms with van der Waals surface area (Å²) in [6, 6.07) is 12.7. The Hall–Kier alpha value is -1.42. The van der Waals surface area contributed by atoms with Crippen molar-refractivity contribution >= 4 is 23.2 Å². The Kier molecular flexibility index (Phi) is 5.53. The molecule has 0 aromatic heterocycles. The van der Waals surface area contributed by atoms with E-state index in [-0.39, 0.29) is 13.2 Å². The van der Waals surface area contributed by atoms with Gasteiger partial charge in [0, 0.05) is 0 Å². The monoisotopic (exact) mass is 312 g/mol. The summed E-state index contributed by atoms with van der Waals surface area (Å²) in [4.78, 5) is 0. The van der Waals surface area contributed by atoms with E-state index < -0.39 is 0 Å². The van der Waals surface area contributed by atoms with Crippen LogP contribution in [-0.2, 0) is 6.61 Å². The first-order chi connectivity index (χ1) is 9.70. The molecule has 0 spiro atoms. The highest BCUT2D eigenvalue weighted by Gasteiger charge is 2.05. The molecule has 0 heterocycles. The summed E-state index contributed by atoms with van der Waals surface area (Å²) < 4.78 is 11.1. The Labute approximate surface area is 127 Å². The maximum atomic E-state index is 8.79. The van der Waals surface area contributed by atoms with Crippen molar-refractivity contribution in [3.05, 3.63) is 58.1 Å². The molecule has 0 saturated carbocycles. The van der Waals surface area contributed by atoms with Crippen molar-refractivity contribution in [1.29, 1.82) is 0 Å². The van der Waals surface area contributed by atoms with Crippen LogP contribution in [0.5, 0.6) is 11.5 Å². The Morgan fingerprint density at radius 3 is 2.25 bits per heavy atom. The molecule has 106 valence electrons. The van der Waals surface area contributed by atoms with E-state index in [2.05, 4.69) is 0 Å². The van der Waals surface area contributed by atoms with Gasteiger partial charge in [-0.2, -0.15) is 0 Å². The van der Waals surface area contributed by atoms with Crippen LogP contribution < -0.4 is 9.47 Å². The molecular formula is C15H14Cl2O3. The van der Waals surface area contributed by atoms with Gasteiger partial charge in [-0.3, -0.25) is 0 Å². The molecule has 0 atom stereocenters. The van der Waals surface area contributed by atoms with Crippen molar-refractivity contribution in [2.75, 3.05) is 13.2 Å². The number of ether oxygens (including phenoxy) is 2. The SMILES string of the molecule is OCCOc1ccccc1OCc1ccc(Cl)c(Cl)c1. The summed E-state index contributed by atoms with van der Waals surface area (Å²) >= 11 is 11.8. The van der Waals surface area contributed by atoms with Crippen LogP contribution in [0.1, 0.15) is 5.56 Å². The summed E-state index contributed by atoms with van der Waals surface area (Å²) in [5.41, 5.74) is 0.913. The number of benzene rings is 2. The minimum atomic E-state index is -0.0405. The maximum Gasteiger partial charge on any atom is 0.161 e. The Balaban J connectivity index is 2.04. The fourth-order valence-corrected chi connectivity index (χ4v) is 1.96. The van der Waals surface area contributed by atoms with E-state index in [0.717, 1.165) is 5.56 Å². The van der Waals surface area contributed by atoms with E-state index in [1.807, 2.05) is 24.3 Å². The van der Waals surface area contributed by atoms with E-state index in [1.54, 1.807) is 18.2 Å². The zero-order valence-electron chi connectivity index (χ0n) is 10.7. The summed E-state index contributed by atoms with van der Waals surface area (Å²) in [7, 11) is 0. The zero-order chi connectivity index (χ0) is 14.4. The molecule has 2 aromatic carbocycles. The molecule has 2 aromatic rings. The highest BCUT2D eigenvalue weighted by atomic mass is 35.5. The number of hydrogen-bond acceptors (Lipinski definition) is 3. The Bertz CT molecular complexity index is 573. The van der Waals surface area contributed by atoms with E-state index in [4.69, 9.17) is 37.8 Å². The lowest BCUT2D eigenvalue weighted by molar-refractivity contribution is 0.192. The van der Waals surface area contributed by atoms with Gasteiger partial charge in [0.05, 0.1) is 16.7 Å². The topological polar surface area (TPSA) is 38.7 Å². The average molecular weight is 313 g/mol. The quantitative estimate of drug-likeness (QED) is 0.878. The lowest BCUT2D eigenvalue weighted by Gasteiger charge is -2.12.